The van der Waals surface area contributed by atoms with Gasteiger partial charge in [-0.2, -0.15) is 0 Å². The van der Waals surface area contributed by atoms with Crippen LogP contribution in [0.1, 0.15) is 26.1 Å². The summed E-state index contributed by atoms with van der Waals surface area (Å²) in [6.07, 6.45) is 2.10. The summed E-state index contributed by atoms with van der Waals surface area (Å²) in [6, 6.07) is 6.58. The maximum Gasteiger partial charge on any atom is 0.121 e. The van der Waals surface area contributed by atoms with Gasteiger partial charge < -0.3 is 14.6 Å². The molecule has 0 atom stereocenters. The molecular weight excluding hydrogens is 238 g/mol. The number of rotatable bonds is 6. The molecule has 0 saturated heterocycles. The molecule has 0 bridgehead atoms. The summed E-state index contributed by atoms with van der Waals surface area (Å²) < 4.78 is 7.41. The molecule has 2 aromatic rings. The van der Waals surface area contributed by atoms with Crippen molar-refractivity contribution in [3.05, 3.63) is 24.0 Å². The number of aromatic nitrogens is 2. The van der Waals surface area contributed by atoms with Crippen molar-refractivity contribution in [1.82, 2.24) is 14.9 Å². The number of nitrogens with one attached hydrogen (secondary N) is 1. The van der Waals surface area contributed by atoms with Crippen LogP contribution < -0.4 is 10.1 Å². The van der Waals surface area contributed by atoms with Crippen molar-refractivity contribution in [2.24, 2.45) is 7.05 Å². The highest BCUT2D eigenvalue weighted by Crippen LogP contribution is 2.21. The van der Waals surface area contributed by atoms with E-state index in [1.807, 2.05) is 12.1 Å². The number of nitrogens with zero attached hydrogens (tertiary/aromatic N) is 2. The molecule has 0 aliphatic carbocycles. The summed E-state index contributed by atoms with van der Waals surface area (Å²) in [7, 11) is 3.76. The molecule has 1 aromatic heterocycles. The van der Waals surface area contributed by atoms with E-state index in [1.54, 1.807) is 7.11 Å². The highest BCUT2D eigenvalue weighted by Gasteiger charge is 2.08. The van der Waals surface area contributed by atoms with Crippen LogP contribution >= 0.6 is 0 Å². The Hall–Kier alpha value is -1.55. The Bertz CT molecular complexity index is 546. The number of ether oxygens (including phenoxy) is 1. The van der Waals surface area contributed by atoms with Crippen LogP contribution in [0.4, 0.5) is 0 Å². The Morgan fingerprint density at radius 3 is 2.84 bits per heavy atom. The lowest BCUT2D eigenvalue weighted by atomic mass is 10.3. The van der Waals surface area contributed by atoms with E-state index >= 15 is 0 Å². The number of benzene rings is 1. The van der Waals surface area contributed by atoms with Gasteiger partial charge in [0.2, 0.25) is 0 Å². The van der Waals surface area contributed by atoms with Gasteiger partial charge in [0, 0.05) is 25.6 Å². The second-order valence-electron chi connectivity index (χ2n) is 5.15. The molecule has 0 spiro atoms. The van der Waals surface area contributed by atoms with Crippen molar-refractivity contribution in [1.29, 1.82) is 0 Å². The summed E-state index contributed by atoms with van der Waals surface area (Å²) in [6.45, 7) is 5.37. The lowest BCUT2D eigenvalue weighted by Crippen LogP contribution is -2.24. The summed E-state index contributed by atoms with van der Waals surface area (Å²) in [4.78, 5) is 4.69. The van der Waals surface area contributed by atoms with Crippen LogP contribution in [0.25, 0.3) is 11.0 Å². The van der Waals surface area contributed by atoms with Crippen LogP contribution in [-0.2, 0) is 13.5 Å². The number of aryl methyl sites for hydroxylation is 2. The molecule has 0 aliphatic rings. The SMILES string of the molecule is COc1ccc2c(c1)nc(CCCNC(C)C)n2C. The van der Waals surface area contributed by atoms with Gasteiger partial charge in [-0.1, -0.05) is 13.8 Å². The monoisotopic (exact) mass is 261 g/mol. The number of hydrogen-bond acceptors (Lipinski definition) is 3. The molecule has 0 saturated carbocycles. The summed E-state index contributed by atoms with van der Waals surface area (Å²) in [5, 5.41) is 3.43. The maximum atomic E-state index is 5.24. The van der Waals surface area contributed by atoms with Crippen molar-refractivity contribution in [3.8, 4) is 5.75 Å². The first-order valence-corrected chi connectivity index (χ1v) is 6.84. The van der Waals surface area contributed by atoms with Gasteiger partial charge in [-0.15, -0.1) is 0 Å². The molecule has 4 heteroatoms. The first-order chi connectivity index (χ1) is 9.11. The third-order valence-corrected chi connectivity index (χ3v) is 3.31. The lowest BCUT2D eigenvalue weighted by molar-refractivity contribution is 0.415. The Balaban J connectivity index is 2.09. The van der Waals surface area contributed by atoms with Crippen LogP contribution in [0.3, 0.4) is 0 Å². The van der Waals surface area contributed by atoms with Gasteiger partial charge in [-0.25, -0.2) is 4.98 Å². The van der Waals surface area contributed by atoms with Crippen LogP contribution in [0.15, 0.2) is 18.2 Å². The molecular formula is C15H23N3O. The normalized spacial score (nSPS) is 11.4. The van der Waals surface area contributed by atoms with Gasteiger partial charge in [0.25, 0.3) is 0 Å². The van der Waals surface area contributed by atoms with Crippen molar-refractivity contribution in [2.75, 3.05) is 13.7 Å². The van der Waals surface area contributed by atoms with E-state index in [1.165, 1.54) is 0 Å². The zero-order valence-electron chi connectivity index (χ0n) is 12.2. The quantitative estimate of drug-likeness (QED) is 0.812. The standard InChI is InChI=1S/C15H23N3O/c1-11(2)16-9-5-6-15-17-13-10-12(19-4)7-8-14(13)18(15)3/h7-8,10-11,16H,5-6,9H2,1-4H3. The fourth-order valence-corrected chi connectivity index (χ4v) is 2.22. The van der Waals surface area contributed by atoms with Gasteiger partial charge in [0.15, 0.2) is 0 Å². The van der Waals surface area contributed by atoms with Crippen LogP contribution in [0.5, 0.6) is 5.75 Å². The Kier molecular flexibility index (Phi) is 4.43. The van der Waals surface area contributed by atoms with E-state index in [-0.39, 0.29) is 0 Å². The Labute approximate surface area is 114 Å². The zero-order chi connectivity index (χ0) is 13.8. The third-order valence-electron chi connectivity index (χ3n) is 3.31. The van der Waals surface area contributed by atoms with Crippen LogP contribution in [-0.4, -0.2) is 29.2 Å². The molecule has 104 valence electrons. The van der Waals surface area contributed by atoms with Crippen LogP contribution in [0.2, 0.25) is 0 Å². The number of methoxy groups -OCH3 is 1. The van der Waals surface area contributed by atoms with Gasteiger partial charge in [-0.3, -0.25) is 0 Å². The predicted octanol–water partition coefficient (Wildman–Crippen LogP) is 2.51. The second-order valence-corrected chi connectivity index (χ2v) is 5.15. The fraction of sp³-hybridized carbons (Fsp3) is 0.533. The van der Waals surface area contributed by atoms with E-state index in [4.69, 9.17) is 9.72 Å². The minimum atomic E-state index is 0.546. The molecule has 19 heavy (non-hydrogen) atoms. The second kappa shape index (κ2) is 6.06. The maximum absolute atomic E-state index is 5.24. The van der Waals surface area contributed by atoms with E-state index in [9.17, 15) is 0 Å². The minimum Gasteiger partial charge on any atom is -0.497 e. The topological polar surface area (TPSA) is 39.1 Å². The van der Waals surface area contributed by atoms with E-state index in [2.05, 4.69) is 36.8 Å². The summed E-state index contributed by atoms with van der Waals surface area (Å²) >= 11 is 0. The summed E-state index contributed by atoms with van der Waals surface area (Å²) in [5.74, 6) is 1.99. The van der Waals surface area contributed by atoms with Gasteiger partial charge in [-0.05, 0) is 25.1 Å². The molecule has 0 unspecified atom stereocenters. The van der Waals surface area contributed by atoms with Crippen molar-refractivity contribution in [3.63, 3.8) is 0 Å². The van der Waals surface area contributed by atoms with Crippen molar-refractivity contribution in [2.45, 2.75) is 32.7 Å². The average Bonchev–Trinajstić information content (AvgIpc) is 2.71. The van der Waals surface area contributed by atoms with Crippen molar-refractivity contribution >= 4 is 11.0 Å². The molecule has 2 rings (SSSR count). The molecule has 0 radical (unpaired) electrons. The van der Waals surface area contributed by atoms with E-state index in [0.29, 0.717) is 6.04 Å². The molecule has 1 heterocycles. The van der Waals surface area contributed by atoms with Gasteiger partial charge >= 0.3 is 0 Å². The van der Waals surface area contributed by atoms with Gasteiger partial charge in [0.1, 0.15) is 11.6 Å². The highest BCUT2D eigenvalue weighted by molar-refractivity contribution is 5.77. The highest BCUT2D eigenvalue weighted by atomic mass is 16.5. The number of hydrogen-bond donors (Lipinski definition) is 1. The minimum absolute atomic E-state index is 0.546. The smallest absolute Gasteiger partial charge is 0.121 e. The van der Waals surface area contributed by atoms with E-state index < -0.39 is 0 Å². The number of fused-ring (bicyclic) bond motifs is 1. The molecule has 1 aromatic carbocycles. The van der Waals surface area contributed by atoms with Gasteiger partial charge in [0.05, 0.1) is 18.1 Å². The first-order valence-electron chi connectivity index (χ1n) is 6.84. The van der Waals surface area contributed by atoms with E-state index in [0.717, 1.165) is 42.0 Å². The molecule has 0 fully saturated rings. The zero-order valence-corrected chi connectivity index (χ0v) is 12.2. The first kappa shape index (κ1) is 13.9. The Morgan fingerprint density at radius 2 is 2.16 bits per heavy atom. The predicted molar refractivity (Wildman–Crippen MR) is 78.7 cm³/mol. The summed E-state index contributed by atoms with van der Waals surface area (Å²) in [5.41, 5.74) is 2.17. The largest absolute Gasteiger partial charge is 0.497 e. The Morgan fingerprint density at radius 1 is 1.37 bits per heavy atom. The fourth-order valence-electron chi connectivity index (χ4n) is 2.22. The van der Waals surface area contributed by atoms with Crippen molar-refractivity contribution < 1.29 is 4.74 Å². The molecule has 0 aliphatic heterocycles. The molecule has 4 nitrogen and oxygen atoms in total. The lowest BCUT2D eigenvalue weighted by Gasteiger charge is -2.07. The van der Waals surface area contributed by atoms with Crippen LogP contribution in [0, 0.1) is 0 Å². The third kappa shape index (κ3) is 3.26. The molecule has 1 N–H and O–H groups in total. The average molecular weight is 261 g/mol. The molecule has 0 amide bonds. The number of imidazole rings is 1.